The molecule has 0 radical (unpaired) electrons. The average Bonchev–Trinajstić information content (AvgIpc) is 2.58. The summed E-state index contributed by atoms with van der Waals surface area (Å²) < 4.78 is 0. The molecule has 0 aliphatic carbocycles. The third-order valence-electron chi connectivity index (χ3n) is 1.04. The lowest BCUT2D eigenvalue weighted by Gasteiger charge is -1.95. The third kappa shape index (κ3) is 1.57. The van der Waals surface area contributed by atoms with E-state index in [9.17, 15) is 4.79 Å². The number of hydrogen-bond acceptors (Lipinski definition) is 7. The molecular weight excluding hydrogens is 182 g/mol. The quantitative estimate of drug-likeness (QED) is 0.377. The van der Waals surface area contributed by atoms with Crippen LogP contribution in [-0.2, 0) is 9.63 Å². The molecule has 0 atom stereocenters. The average molecular weight is 187 g/mol. The molecule has 7 heteroatoms. The molecule has 1 heterocycles. The highest BCUT2D eigenvalue weighted by Crippen LogP contribution is 2.06. The van der Waals surface area contributed by atoms with Crippen LogP contribution in [0.3, 0.4) is 0 Å². The van der Waals surface area contributed by atoms with Crippen molar-refractivity contribution in [2.45, 2.75) is 0 Å². The molecule has 1 rings (SSSR count). The number of nitrogens with zero attached hydrogens (tertiary/aromatic N) is 2. The topological polar surface area (TPSA) is 97.8 Å². The fraction of sp³-hybridized carbons (Fsp3) is 0. The van der Waals surface area contributed by atoms with Gasteiger partial charge in [-0.05, 0) is 0 Å². The molecule has 0 fully saturated rings. The standard InChI is InChI=1S/C5H5N3O3S/c6-11-5(9)3(8-10)4-7-1-2-12-4/h1-2,10H,6H2. The van der Waals surface area contributed by atoms with E-state index in [1.807, 2.05) is 0 Å². The second kappa shape index (κ2) is 3.79. The van der Waals surface area contributed by atoms with Gasteiger partial charge < -0.3 is 10.0 Å². The van der Waals surface area contributed by atoms with Crippen molar-refractivity contribution in [1.29, 1.82) is 0 Å². The molecule has 64 valence electrons. The van der Waals surface area contributed by atoms with Gasteiger partial charge in [0.1, 0.15) is 0 Å². The molecule has 12 heavy (non-hydrogen) atoms. The Labute approximate surface area is 71.2 Å². The molecule has 0 amide bonds. The fourth-order valence-electron chi connectivity index (χ4n) is 0.567. The molecule has 0 aliphatic heterocycles. The van der Waals surface area contributed by atoms with Crippen LogP contribution in [0.25, 0.3) is 0 Å². The Morgan fingerprint density at radius 3 is 3.00 bits per heavy atom. The van der Waals surface area contributed by atoms with Gasteiger partial charge in [0.2, 0.25) is 5.71 Å². The summed E-state index contributed by atoms with van der Waals surface area (Å²) in [6, 6.07) is 0. The highest BCUT2D eigenvalue weighted by molar-refractivity contribution is 7.12. The zero-order chi connectivity index (χ0) is 8.97. The maximum Gasteiger partial charge on any atom is 0.382 e. The van der Waals surface area contributed by atoms with E-state index >= 15 is 0 Å². The second-order valence-electron chi connectivity index (χ2n) is 1.69. The molecule has 3 N–H and O–H groups in total. The van der Waals surface area contributed by atoms with E-state index < -0.39 is 5.97 Å². The lowest BCUT2D eigenvalue weighted by atomic mass is 10.4. The van der Waals surface area contributed by atoms with Crippen LogP contribution >= 0.6 is 11.3 Å². The Balaban J connectivity index is 2.93. The predicted molar refractivity (Wildman–Crippen MR) is 40.7 cm³/mol. The van der Waals surface area contributed by atoms with Crippen LogP contribution in [0.15, 0.2) is 16.7 Å². The fourth-order valence-corrected chi connectivity index (χ4v) is 1.18. The number of hydrogen-bond donors (Lipinski definition) is 2. The molecule has 0 spiro atoms. The summed E-state index contributed by atoms with van der Waals surface area (Å²) >= 11 is 1.14. The number of carbonyl (C=O) groups is 1. The van der Waals surface area contributed by atoms with Crippen molar-refractivity contribution in [3.05, 3.63) is 16.6 Å². The molecule has 0 aliphatic rings. The van der Waals surface area contributed by atoms with Gasteiger partial charge in [0.25, 0.3) is 0 Å². The van der Waals surface area contributed by atoms with Gasteiger partial charge in [0, 0.05) is 11.6 Å². The molecule has 0 saturated carbocycles. The zero-order valence-electron chi connectivity index (χ0n) is 5.80. The summed E-state index contributed by atoms with van der Waals surface area (Å²) in [7, 11) is 0. The van der Waals surface area contributed by atoms with Gasteiger partial charge in [-0.2, -0.15) is 5.90 Å². The predicted octanol–water partition coefficient (Wildman–Crippen LogP) is -0.262. The summed E-state index contributed by atoms with van der Waals surface area (Å²) in [5.74, 6) is 3.67. The summed E-state index contributed by atoms with van der Waals surface area (Å²) in [6.07, 6.45) is 1.47. The monoisotopic (exact) mass is 187 g/mol. The Morgan fingerprint density at radius 2 is 2.58 bits per heavy atom. The number of rotatable bonds is 2. The lowest BCUT2D eigenvalue weighted by molar-refractivity contribution is -0.136. The third-order valence-corrected chi connectivity index (χ3v) is 1.82. The minimum Gasteiger partial charge on any atom is -0.410 e. The number of aromatic nitrogens is 1. The van der Waals surface area contributed by atoms with Crippen molar-refractivity contribution in [3.63, 3.8) is 0 Å². The maximum atomic E-state index is 10.8. The van der Waals surface area contributed by atoms with Gasteiger partial charge in [-0.15, -0.1) is 11.3 Å². The first kappa shape index (κ1) is 8.62. The molecule has 1 aromatic heterocycles. The number of oxime groups is 1. The lowest BCUT2D eigenvalue weighted by Crippen LogP contribution is -2.21. The summed E-state index contributed by atoms with van der Waals surface area (Å²) in [4.78, 5) is 18.4. The van der Waals surface area contributed by atoms with Gasteiger partial charge in [0.15, 0.2) is 5.01 Å². The molecule has 0 unspecified atom stereocenters. The minimum atomic E-state index is -0.924. The molecule has 0 bridgehead atoms. The van der Waals surface area contributed by atoms with E-state index in [0.29, 0.717) is 0 Å². The van der Waals surface area contributed by atoms with Crippen LogP contribution in [0.2, 0.25) is 0 Å². The van der Waals surface area contributed by atoms with E-state index in [2.05, 4.69) is 20.9 Å². The van der Waals surface area contributed by atoms with Crippen LogP contribution in [0.5, 0.6) is 0 Å². The molecular formula is C5H5N3O3S. The highest BCUT2D eigenvalue weighted by Gasteiger charge is 2.17. The summed E-state index contributed by atoms with van der Waals surface area (Å²) in [6.45, 7) is 0. The highest BCUT2D eigenvalue weighted by atomic mass is 32.1. The molecule has 6 nitrogen and oxygen atoms in total. The van der Waals surface area contributed by atoms with Gasteiger partial charge in [-0.25, -0.2) is 9.78 Å². The number of thiazole rings is 1. The van der Waals surface area contributed by atoms with Gasteiger partial charge in [-0.1, -0.05) is 5.16 Å². The molecule has 0 saturated heterocycles. The molecule has 0 aromatic carbocycles. The van der Waals surface area contributed by atoms with E-state index in [1.54, 1.807) is 5.38 Å². The molecule has 1 aromatic rings. The van der Waals surface area contributed by atoms with Crippen LogP contribution < -0.4 is 5.90 Å². The Morgan fingerprint density at radius 1 is 1.83 bits per heavy atom. The number of nitrogens with two attached hydrogens (primary N) is 1. The van der Waals surface area contributed by atoms with E-state index in [0.717, 1.165) is 11.3 Å². The van der Waals surface area contributed by atoms with Crippen molar-refractivity contribution in [1.82, 2.24) is 4.98 Å². The first-order valence-corrected chi connectivity index (χ1v) is 3.70. The smallest absolute Gasteiger partial charge is 0.382 e. The van der Waals surface area contributed by atoms with E-state index in [4.69, 9.17) is 5.21 Å². The Bertz CT molecular complexity index is 295. The van der Waals surface area contributed by atoms with Gasteiger partial charge in [-0.3, -0.25) is 0 Å². The minimum absolute atomic E-state index is 0.257. The first-order valence-electron chi connectivity index (χ1n) is 2.82. The van der Waals surface area contributed by atoms with Crippen molar-refractivity contribution in [2.75, 3.05) is 0 Å². The summed E-state index contributed by atoms with van der Waals surface area (Å²) in [5, 5.41) is 13.0. The number of carbonyl (C=O) groups excluding carboxylic acids is 1. The first-order chi connectivity index (χ1) is 5.79. The van der Waals surface area contributed by atoms with Crippen molar-refractivity contribution in [3.8, 4) is 0 Å². The SMILES string of the molecule is NOC(=O)C(=NO)c1nccs1. The van der Waals surface area contributed by atoms with E-state index in [1.165, 1.54) is 6.20 Å². The van der Waals surface area contributed by atoms with Crippen LogP contribution in [0, 0.1) is 0 Å². The maximum absolute atomic E-state index is 10.8. The zero-order valence-corrected chi connectivity index (χ0v) is 6.61. The Hall–Kier alpha value is -1.47. The van der Waals surface area contributed by atoms with Crippen LogP contribution in [0.1, 0.15) is 5.01 Å². The van der Waals surface area contributed by atoms with Crippen molar-refractivity contribution >= 4 is 23.0 Å². The van der Waals surface area contributed by atoms with Crippen LogP contribution in [-0.4, -0.2) is 21.9 Å². The second-order valence-corrected chi connectivity index (χ2v) is 2.59. The van der Waals surface area contributed by atoms with Crippen LogP contribution in [0.4, 0.5) is 0 Å². The summed E-state index contributed by atoms with van der Waals surface area (Å²) in [5.41, 5.74) is -0.299. The normalized spacial score (nSPS) is 11.2. The van der Waals surface area contributed by atoms with Gasteiger partial charge in [0.05, 0.1) is 0 Å². The van der Waals surface area contributed by atoms with Crippen molar-refractivity contribution in [2.24, 2.45) is 11.1 Å². The largest absolute Gasteiger partial charge is 0.410 e. The van der Waals surface area contributed by atoms with E-state index in [-0.39, 0.29) is 10.7 Å². The Kier molecular flexibility index (Phi) is 2.72. The van der Waals surface area contributed by atoms with Crippen molar-refractivity contribution < 1.29 is 14.8 Å². The van der Waals surface area contributed by atoms with Gasteiger partial charge >= 0.3 is 5.97 Å².